The van der Waals surface area contributed by atoms with Crippen LogP contribution in [0.5, 0.6) is 5.75 Å². The third kappa shape index (κ3) is 1.75. The summed E-state index contributed by atoms with van der Waals surface area (Å²) in [7, 11) is 0. The molecule has 0 unspecified atom stereocenters. The largest absolute Gasteiger partial charge is 0.519 e. The van der Waals surface area contributed by atoms with Crippen molar-refractivity contribution < 1.29 is 18.4 Å². The van der Waals surface area contributed by atoms with Crippen LogP contribution in [0.3, 0.4) is 0 Å². The van der Waals surface area contributed by atoms with Gasteiger partial charge in [-0.3, -0.25) is 0 Å². The standard InChI is InChI=1S/C11H8O5/c1-6(2)10(12)14-7-4-3-5-8-9(7)16-11(13)15-8/h3-5H,1H2,2H3. The summed E-state index contributed by atoms with van der Waals surface area (Å²) >= 11 is 0. The van der Waals surface area contributed by atoms with Crippen molar-refractivity contribution in [1.29, 1.82) is 0 Å². The van der Waals surface area contributed by atoms with Gasteiger partial charge in [-0.2, -0.15) is 0 Å². The number of esters is 1. The Labute approximate surface area is 89.9 Å². The van der Waals surface area contributed by atoms with Gasteiger partial charge in [-0.1, -0.05) is 12.6 Å². The topological polar surface area (TPSA) is 69.7 Å². The maximum atomic E-state index is 11.3. The highest BCUT2D eigenvalue weighted by molar-refractivity contribution is 5.91. The van der Waals surface area contributed by atoms with Crippen molar-refractivity contribution in [3.63, 3.8) is 0 Å². The number of fused-ring (bicyclic) bond motifs is 1. The molecule has 82 valence electrons. The Morgan fingerprint density at radius 3 is 2.81 bits per heavy atom. The fourth-order valence-corrected chi connectivity index (χ4v) is 1.14. The van der Waals surface area contributed by atoms with E-state index in [1.807, 2.05) is 0 Å². The molecule has 2 aromatic rings. The lowest BCUT2D eigenvalue weighted by Crippen LogP contribution is -2.08. The van der Waals surface area contributed by atoms with E-state index in [4.69, 9.17) is 13.6 Å². The second-order valence-corrected chi connectivity index (χ2v) is 3.21. The predicted molar refractivity (Wildman–Crippen MR) is 55.2 cm³/mol. The Kier molecular flexibility index (Phi) is 2.36. The number of hydrogen-bond acceptors (Lipinski definition) is 5. The number of hydrogen-bond donors (Lipinski definition) is 0. The molecule has 0 aliphatic rings. The van der Waals surface area contributed by atoms with Gasteiger partial charge in [-0.05, 0) is 19.1 Å². The fraction of sp³-hybridized carbons (Fsp3) is 0.0909. The summed E-state index contributed by atoms with van der Waals surface area (Å²) in [5.41, 5.74) is 0.599. The van der Waals surface area contributed by atoms with E-state index in [1.54, 1.807) is 12.1 Å². The molecule has 0 aliphatic heterocycles. The maximum Gasteiger partial charge on any atom is 0.519 e. The van der Waals surface area contributed by atoms with Crippen LogP contribution in [0.1, 0.15) is 6.92 Å². The maximum absolute atomic E-state index is 11.3. The smallest absolute Gasteiger partial charge is 0.419 e. The average molecular weight is 220 g/mol. The molecule has 0 atom stereocenters. The third-order valence-corrected chi connectivity index (χ3v) is 1.87. The van der Waals surface area contributed by atoms with E-state index in [0.29, 0.717) is 0 Å². The van der Waals surface area contributed by atoms with Crippen LogP contribution in [0, 0.1) is 0 Å². The van der Waals surface area contributed by atoms with Crippen LogP contribution in [-0.2, 0) is 4.79 Å². The SMILES string of the molecule is C=C(C)C(=O)Oc1cccc2oc(=O)oc12. The second kappa shape index (κ2) is 3.69. The first-order valence-electron chi connectivity index (χ1n) is 4.48. The molecule has 1 heterocycles. The molecule has 5 nitrogen and oxygen atoms in total. The minimum Gasteiger partial charge on any atom is -0.419 e. The average Bonchev–Trinajstić information content (AvgIpc) is 2.59. The minimum atomic E-state index is -0.839. The fourth-order valence-electron chi connectivity index (χ4n) is 1.14. The molecule has 1 aromatic heterocycles. The number of carbonyl (C=O) groups excluding carboxylic acids is 1. The zero-order chi connectivity index (χ0) is 11.7. The van der Waals surface area contributed by atoms with Crippen LogP contribution >= 0.6 is 0 Å². The molecule has 0 saturated heterocycles. The Bertz CT molecular complexity index is 617. The van der Waals surface area contributed by atoms with E-state index in [1.165, 1.54) is 13.0 Å². The van der Waals surface area contributed by atoms with Crippen molar-refractivity contribution in [3.05, 3.63) is 41.0 Å². The summed E-state index contributed by atoms with van der Waals surface area (Å²) in [6, 6.07) is 4.63. The predicted octanol–water partition coefficient (Wildman–Crippen LogP) is 1.87. The Morgan fingerprint density at radius 1 is 1.38 bits per heavy atom. The molecule has 0 bridgehead atoms. The molecular weight excluding hydrogens is 212 g/mol. The number of benzene rings is 1. The summed E-state index contributed by atoms with van der Waals surface area (Å²) in [5, 5.41) is 0. The molecule has 0 spiro atoms. The van der Waals surface area contributed by atoms with Gasteiger partial charge in [0, 0.05) is 5.57 Å². The first-order chi connectivity index (χ1) is 7.58. The third-order valence-electron chi connectivity index (χ3n) is 1.87. The van der Waals surface area contributed by atoms with Crippen molar-refractivity contribution in [2.75, 3.05) is 0 Å². The number of carbonyl (C=O) groups is 1. The van der Waals surface area contributed by atoms with E-state index in [9.17, 15) is 9.59 Å². The number of para-hydroxylation sites is 1. The van der Waals surface area contributed by atoms with Gasteiger partial charge in [-0.25, -0.2) is 9.59 Å². The van der Waals surface area contributed by atoms with Gasteiger partial charge in [0.1, 0.15) is 0 Å². The monoisotopic (exact) mass is 220 g/mol. The zero-order valence-corrected chi connectivity index (χ0v) is 8.48. The highest BCUT2D eigenvalue weighted by atomic mass is 16.6. The van der Waals surface area contributed by atoms with Gasteiger partial charge in [0.2, 0.25) is 5.58 Å². The van der Waals surface area contributed by atoms with E-state index >= 15 is 0 Å². The van der Waals surface area contributed by atoms with E-state index in [0.717, 1.165) is 0 Å². The highest BCUT2D eigenvalue weighted by Crippen LogP contribution is 2.24. The Hall–Kier alpha value is -2.30. The summed E-state index contributed by atoms with van der Waals surface area (Å²) < 4.78 is 14.4. The molecule has 16 heavy (non-hydrogen) atoms. The van der Waals surface area contributed by atoms with Crippen molar-refractivity contribution in [2.24, 2.45) is 0 Å². The zero-order valence-electron chi connectivity index (χ0n) is 8.48. The van der Waals surface area contributed by atoms with Crippen LogP contribution in [-0.4, -0.2) is 5.97 Å². The minimum absolute atomic E-state index is 0.113. The summed E-state index contributed by atoms with van der Waals surface area (Å²) in [6.07, 6.45) is 0. The molecule has 0 N–H and O–H groups in total. The van der Waals surface area contributed by atoms with Crippen molar-refractivity contribution in [1.82, 2.24) is 0 Å². The van der Waals surface area contributed by atoms with Crippen molar-refractivity contribution in [3.8, 4) is 5.75 Å². The molecule has 1 aromatic carbocycles. The van der Waals surface area contributed by atoms with Gasteiger partial charge in [-0.15, -0.1) is 0 Å². The molecule has 0 radical (unpaired) electrons. The lowest BCUT2D eigenvalue weighted by molar-refractivity contribution is -0.130. The van der Waals surface area contributed by atoms with Crippen LogP contribution in [0.2, 0.25) is 0 Å². The summed E-state index contributed by atoms with van der Waals surface area (Å²) in [6.45, 7) is 4.97. The highest BCUT2D eigenvalue weighted by Gasteiger charge is 2.13. The molecule has 0 fully saturated rings. The van der Waals surface area contributed by atoms with Gasteiger partial charge in [0.15, 0.2) is 11.3 Å². The van der Waals surface area contributed by atoms with Crippen LogP contribution in [0.25, 0.3) is 11.2 Å². The van der Waals surface area contributed by atoms with Crippen LogP contribution in [0.4, 0.5) is 0 Å². The molecule has 0 aliphatic carbocycles. The summed E-state index contributed by atoms with van der Waals surface area (Å²) in [4.78, 5) is 22.2. The van der Waals surface area contributed by atoms with Crippen molar-refractivity contribution >= 4 is 17.1 Å². The van der Waals surface area contributed by atoms with Gasteiger partial charge < -0.3 is 13.6 Å². The van der Waals surface area contributed by atoms with Gasteiger partial charge >= 0.3 is 11.8 Å². The summed E-state index contributed by atoms with van der Waals surface area (Å²) in [5.74, 6) is -1.29. The first-order valence-corrected chi connectivity index (χ1v) is 4.48. The van der Waals surface area contributed by atoms with E-state index in [-0.39, 0.29) is 22.5 Å². The van der Waals surface area contributed by atoms with E-state index < -0.39 is 11.8 Å². The molecular formula is C11H8O5. The lowest BCUT2D eigenvalue weighted by Gasteiger charge is -2.02. The second-order valence-electron chi connectivity index (χ2n) is 3.21. The Morgan fingerprint density at radius 2 is 2.12 bits per heavy atom. The normalized spacial score (nSPS) is 10.3. The van der Waals surface area contributed by atoms with Crippen LogP contribution in [0.15, 0.2) is 44.0 Å². The molecule has 0 amide bonds. The molecule has 5 heteroatoms. The number of ether oxygens (including phenoxy) is 1. The van der Waals surface area contributed by atoms with Crippen LogP contribution < -0.4 is 10.6 Å². The molecule has 2 rings (SSSR count). The van der Waals surface area contributed by atoms with Gasteiger partial charge in [0.25, 0.3) is 0 Å². The Balaban J connectivity index is 2.48. The van der Waals surface area contributed by atoms with E-state index in [2.05, 4.69) is 6.58 Å². The lowest BCUT2D eigenvalue weighted by atomic mass is 10.3. The first kappa shape index (κ1) is 10.2. The van der Waals surface area contributed by atoms with Crippen molar-refractivity contribution in [2.45, 2.75) is 6.92 Å². The quantitative estimate of drug-likeness (QED) is 0.439. The molecule has 0 saturated carbocycles. The van der Waals surface area contributed by atoms with Gasteiger partial charge in [0.05, 0.1) is 0 Å². The number of rotatable bonds is 2.